The highest BCUT2D eigenvalue weighted by Crippen LogP contribution is 2.26. The van der Waals surface area contributed by atoms with E-state index in [4.69, 9.17) is 5.11 Å². The van der Waals surface area contributed by atoms with Gasteiger partial charge in [-0.1, -0.05) is 12.1 Å². The molecule has 2 aromatic carbocycles. The maximum atomic E-state index is 13.3. The maximum Gasteiger partial charge on any atom is 0.336 e. The molecule has 2 aromatic rings. The van der Waals surface area contributed by atoms with Crippen molar-refractivity contribution in [2.45, 2.75) is 19.9 Å². The molecule has 3 nitrogen and oxygen atoms in total. The molecule has 0 aliphatic rings. The molecule has 0 spiro atoms. The summed E-state index contributed by atoms with van der Waals surface area (Å²) in [6, 6.07) is 9.84. The van der Waals surface area contributed by atoms with Gasteiger partial charge in [0.25, 0.3) is 0 Å². The van der Waals surface area contributed by atoms with Gasteiger partial charge in [-0.05, 0) is 65.2 Å². The molecule has 2 N–H and O–H groups in total. The summed E-state index contributed by atoms with van der Waals surface area (Å²) < 4.78 is 13.7. The summed E-state index contributed by atoms with van der Waals surface area (Å²) >= 11 is 3.16. The Labute approximate surface area is 130 Å². The first-order valence-corrected chi connectivity index (χ1v) is 7.24. The van der Waals surface area contributed by atoms with Crippen molar-refractivity contribution in [2.24, 2.45) is 0 Å². The molecule has 2 rings (SSSR count). The molecule has 0 fully saturated rings. The molecule has 0 heterocycles. The monoisotopic (exact) mass is 351 g/mol. The maximum absolute atomic E-state index is 13.3. The summed E-state index contributed by atoms with van der Waals surface area (Å²) in [6.45, 7) is 3.70. The van der Waals surface area contributed by atoms with E-state index in [0.29, 0.717) is 10.0 Å². The SMILES string of the molecule is Cc1c(NC(C)c2ccc(F)c(Br)c2)cccc1C(=O)O. The van der Waals surface area contributed by atoms with Gasteiger partial charge in [0.1, 0.15) is 5.82 Å². The number of aromatic carboxylic acids is 1. The van der Waals surface area contributed by atoms with Crippen LogP contribution in [0, 0.1) is 12.7 Å². The van der Waals surface area contributed by atoms with E-state index in [9.17, 15) is 9.18 Å². The smallest absolute Gasteiger partial charge is 0.336 e. The van der Waals surface area contributed by atoms with Crippen molar-refractivity contribution >= 4 is 27.6 Å². The second-order valence-corrected chi connectivity index (χ2v) is 5.68. The molecule has 110 valence electrons. The number of anilines is 1. The Morgan fingerprint density at radius 3 is 2.67 bits per heavy atom. The summed E-state index contributed by atoms with van der Waals surface area (Å²) in [5.41, 5.74) is 2.61. The lowest BCUT2D eigenvalue weighted by Gasteiger charge is -2.18. The molecule has 0 aliphatic heterocycles. The standard InChI is InChI=1S/C16H15BrFNO2/c1-9-12(16(20)21)4-3-5-15(9)19-10(2)11-6-7-14(18)13(17)8-11/h3-8,10,19H,1-2H3,(H,20,21). The third-order valence-electron chi connectivity index (χ3n) is 3.38. The molecule has 0 saturated carbocycles. The van der Waals surface area contributed by atoms with Crippen molar-refractivity contribution in [2.75, 3.05) is 5.32 Å². The minimum absolute atomic E-state index is 0.0790. The third-order valence-corrected chi connectivity index (χ3v) is 3.99. The Morgan fingerprint density at radius 1 is 1.33 bits per heavy atom. The fourth-order valence-electron chi connectivity index (χ4n) is 2.12. The highest BCUT2D eigenvalue weighted by atomic mass is 79.9. The molecule has 0 amide bonds. The van der Waals surface area contributed by atoms with Gasteiger partial charge in [0, 0.05) is 11.7 Å². The molecule has 0 bridgehead atoms. The molecule has 0 saturated heterocycles. The van der Waals surface area contributed by atoms with E-state index in [1.165, 1.54) is 6.07 Å². The predicted octanol–water partition coefficient (Wildman–Crippen LogP) is 4.77. The van der Waals surface area contributed by atoms with Crippen LogP contribution in [0.15, 0.2) is 40.9 Å². The number of carbonyl (C=O) groups is 1. The zero-order valence-corrected chi connectivity index (χ0v) is 13.2. The zero-order chi connectivity index (χ0) is 15.6. The average Bonchev–Trinajstić information content (AvgIpc) is 2.43. The van der Waals surface area contributed by atoms with E-state index in [2.05, 4.69) is 21.2 Å². The van der Waals surface area contributed by atoms with Crippen molar-refractivity contribution in [3.63, 3.8) is 0 Å². The van der Waals surface area contributed by atoms with Gasteiger partial charge in [-0.15, -0.1) is 0 Å². The van der Waals surface area contributed by atoms with E-state index in [1.54, 1.807) is 31.2 Å². The summed E-state index contributed by atoms with van der Waals surface area (Å²) in [5.74, 6) is -1.26. The molecule has 5 heteroatoms. The predicted molar refractivity (Wildman–Crippen MR) is 84.3 cm³/mol. The third kappa shape index (κ3) is 3.42. The van der Waals surface area contributed by atoms with Crippen molar-refractivity contribution in [1.29, 1.82) is 0 Å². The lowest BCUT2D eigenvalue weighted by atomic mass is 10.0. The summed E-state index contributed by atoms with van der Waals surface area (Å²) in [6.07, 6.45) is 0. The Bertz CT molecular complexity index is 688. The van der Waals surface area contributed by atoms with Crippen LogP contribution in [0.4, 0.5) is 10.1 Å². The van der Waals surface area contributed by atoms with Gasteiger partial charge in [0.15, 0.2) is 0 Å². The quantitative estimate of drug-likeness (QED) is 0.834. The minimum Gasteiger partial charge on any atom is -0.478 e. The van der Waals surface area contributed by atoms with Crippen molar-refractivity contribution < 1.29 is 14.3 Å². The summed E-state index contributed by atoms with van der Waals surface area (Å²) in [5, 5.41) is 12.4. The van der Waals surface area contributed by atoms with Gasteiger partial charge >= 0.3 is 5.97 Å². The highest BCUT2D eigenvalue weighted by Gasteiger charge is 2.13. The van der Waals surface area contributed by atoms with Crippen LogP contribution in [0.3, 0.4) is 0 Å². The van der Waals surface area contributed by atoms with E-state index in [-0.39, 0.29) is 17.4 Å². The van der Waals surface area contributed by atoms with Gasteiger partial charge in [-0.2, -0.15) is 0 Å². The number of nitrogens with one attached hydrogen (secondary N) is 1. The van der Waals surface area contributed by atoms with Crippen LogP contribution in [-0.2, 0) is 0 Å². The van der Waals surface area contributed by atoms with Gasteiger partial charge in [-0.25, -0.2) is 9.18 Å². The number of rotatable bonds is 4. The molecule has 1 unspecified atom stereocenters. The minimum atomic E-state index is -0.951. The molecule has 0 radical (unpaired) electrons. The van der Waals surface area contributed by atoms with Crippen LogP contribution in [-0.4, -0.2) is 11.1 Å². The van der Waals surface area contributed by atoms with Crippen LogP contribution in [0.25, 0.3) is 0 Å². The van der Waals surface area contributed by atoms with E-state index >= 15 is 0 Å². The van der Waals surface area contributed by atoms with Gasteiger partial charge < -0.3 is 10.4 Å². The Hall–Kier alpha value is -1.88. The highest BCUT2D eigenvalue weighted by molar-refractivity contribution is 9.10. The Balaban J connectivity index is 2.27. The van der Waals surface area contributed by atoms with Crippen LogP contribution in [0.1, 0.15) is 34.5 Å². The molecule has 21 heavy (non-hydrogen) atoms. The van der Waals surface area contributed by atoms with Crippen molar-refractivity contribution in [1.82, 2.24) is 0 Å². The second-order valence-electron chi connectivity index (χ2n) is 4.82. The number of carboxylic acid groups (broad SMARTS) is 1. The van der Waals surface area contributed by atoms with E-state index in [1.807, 2.05) is 13.0 Å². The topological polar surface area (TPSA) is 49.3 Å². The molecule has 1 atom stereocenters. The van der Waals surface area contributed by atoms with Crippen molar-refractivity contribution in [3.8, 4) is 0 Å². The second kappa shape index (κ2) is 6.26. The normalized spacial score (nSPS) is 12.0. The fraction of sp³-hybridized carbons (Fsp3) is 0.188. The fourth-order valence-corrected chi connectivity index (χ4v) is 2.52. The Kier molecular flexibility index (Phi) is 4.63. The molecule has 0 aliphatic carbocycles. The molecular weight excluding hydrogens is 337 g/mol. The zero-order valence-electron chi connectivity index (χ0n) is 11.7. The first-order valence-electron chi connectivity index (χ1n) is 6.44. The van der Waals surface area contributed by atoms with Gasteiger partial charge in [-0.3, -0.25) is 0 Å². The van der Waals surface area contributed by atoms with E-state index < -0.39 is 5.97 Å². The average molecular weight is 352 g/mol. The van der Waals surface area contributed by atoms with E-state index in [0.717, 1.165) is 11.3 Å². The van der Waals surface area contributed by atoms with Gasteiger partial charge in [0.05, 0.1) is 10.0 Å². The molecule has 0 aromatic heterocycles. The lowest BCUT2D eigenvalue weighted by Crippen LogP contribution is -2.10. The largest absolute Gasteiger partial charge is 0.478 e. The van der Waals surface area contributed by atoms with Crippen LogP contribution in [0.5, 0.6) is 0 Å². The van der Waals surface area contributed by atoms with Crippen molar-refractivity contribution in [3.05, 3.63) is 63.4 Å². The first kappa shape index (κ1) is 15.5. The van der Waals surface area contributed by atoms with Crippen LogP contribution in [0.2, 0.25) is 0 Å². The summed E-state index contributed by atoms with van der Waals surface area (Å²) in [7, 11) is 0. The number of benzene rings is 2. The van der Waals surface area contributed by atoms with Gasteiger partial charge in [0.2, 0.25) is 0 Å². The van der Waals surface area contributed by atoms with Crippen LogP contribution < -0.4 is 5.32 Å². The summed E-state index contributed by atoms with van der Waals surface area (Å²) in [4.78, 5) is 11.1. The Morgan fingerprint density at radius 2 is 2.05 bits per heavy atom. The number of halogens is 2. The first-order chi connectivity index (χ1) is 9.90. The molecular formula is C16H15BrFNO2. The number of hydrogen-bond donors (Lipinski definition) is 2. The lowest BCUT2D eigenvalue weighted by molar-refractivity contribution is 0.0696. The van der Waals surface area contributed by atoms with Crippen LogP contribution >= 0.6 is 15.9 Å². The number of hydrogen-bond acceptors (Lipinski definition) is 2. The number of carboxylic acids is 1.